The summed E-state index contributed by atoms with van der Waals surface area (Å²) in [5.74, 6) is 2.82. The lowest BCUT2D eigenvalue weighted by molar-refractivity contribution is 0.454. The molecule has 1 aliphatic rings. The molecule has 3 nitrogen and oxygen atoms in total. The SMILES string of the molecule is Brc1cc(Oc2ccccc2I)nc(C2CC2)n1. The van der Waals surface area contributed by atoms with E-state index in [4.69, 9.17) is 4.74 Å². The van der Waals surface area contributed by atoms with Gasteiger partial charge in [0.15, 0.2) is 0 Å². The first kappa shape index (κ1) is 12.3. The Kier molecular flexibility index (Phi) is 3.52. The number of rotatable bonds is 3. The van der Waals surface area contributed by atoms with E-state index in [2.05, 4.69) is 48.5 Å². The van der Waals surface area contributed by atoms with Crippen LogP contribution in [0, 0.1) is 3.57 Å². The number of aromatic nitrogens is 2. The zero-order valence-corrected chi connectivity index (χ0v) is 13.2. The zero-order valence-electron chi connectivity index (χ0n) is 9.44. The van der Waals surface area contributed by atoms with Crippen molar-refractivity contribution < 1.29 is 4.74 Å². The molecule has 0 N–H and O–H groups in total. The topological polar surface area (TPSA) is 35.0 Å². The van der Waals surface area contributed by atoms with Crippen LogP contribution < -0.4 is 4.74 Å². The van der Waals surface area contributed by atoms with Gasteiger partial charge in [-0.05, 0) is 63.5 Å². The van der Waals surface area contributed by atoms with Gasteiger partial charge in [-0.15, -0.1) is 0 Å². The highest BCUT2D eigenvalue weighted by atomic mass is 127. The zero-order chi connectivity index (χ0) is 12.5. The van der Waals surface area contributed by atoms with Crippen molar-refractivity contribution in [3.05, 3.63) is 44.3 Å². The second-order valence-electron chi connectivity index (χ2n) is 4.19. The van der Waals surface area contributed by atoms with E-state index in [-0.39, 0.29) is 0 Å². The maximum Gasteiger partial charge on any atom is 0.223 e. The van der Waals surface area contributed by atoms with Crippen molar-refractivity contribution >= 4 is 38.5 Å². The van der Waals surface area contributed by atoms with Crippen molar-refractivity contribution in [1.29, 1.82) is 0 Å². The molecule has 0 spiro atoms. The van der Waals surface area contributed by atoms with Gasteiger partial charge >= 0.3 is 0 Å². The predicted molar refractivity (Wildman–Crippen MR) is 80.9 cm³/mol. The second kappa shape index (κ2) is 5.13. The van der Waals surface area contributed by atoms with Crippen LogP contribution in [-0.2, 0) is 0 Å². The highest BCUT2D eigenvalue weighted by Crippen LogP contribution is 2.39. The Bertz CT molecular complexity index is 587. The number of hydrogen-bond donors (Lipinski definition) is 0. The van der Waals surface area contributed by atoms with E-state index < -0.39 is 0 Å². The minimum atomic E-state index is 0.514. The summed E-state index contributed by atoms with van der Waals surface area (Å²) in [6.45, 7) is 0. The molecule has 1 fully saturated rings. The predicted octanol–water partition coefficient (Wildman–Crippen LogP) is 4.51. The van der Waals surface area contributed by atoms with Crippen molar-refractivity contribution in [3.8, 4) is 11.6 Å². The summed E-state index contributed by atoms with van der Waals surface area (Å²) in [5, 5.41) is 0. The number of para-hydroxylation sites is 1. The van der Waals surface area contributed by atoms with Gasteiger partial charge in [0.1, 0.15) is 16.2 Å². The number of nitrogens with zero attached hydrogens (tertiary/aromatic N) is 2. The Morgan fingerprint density at radius 3 is 2.72 bits per heavy atom. The molecule has 5 heteroatoms. The van der Waals surface area contributed by atoms with E-state index in [1.165, 1.54) is 12.8 Å². The van der Waals surface area contributed by atoms with Crippen LogP contribution >= 0.6 is 38.5 Å². The Morgan fingerprint density at radius 2 is 2.00 bits per heavy atom. The molecule has 0 aliphatic heterocycles. The Balaban J connectivity index is 1.90. The molecule has 0 bridgehead atoms. The lowest BCUT2D eigenvalue weighted by Crippen LogP contribution is -1.97. The molecule has 0 amide bonds. The average Bonchev–Trinajstić information content (AvgIpc) is 3.15. The third-order valence-electron chi connectivity index (χ3n) is 2.68. The van der Waals surface area contributed by atoms with Crippen molar-refractivity contribution in [3.63, 3.8) is 0 Å². The van der Waals surface area contributed by atoms with Crippen molar-refractivity contribution in [1.82, 2.24) is 9.97 Å². The normalized spacial score (nSPS) is 14.6. The minimum Gasteiger partial charge on any atom is -0.438 e. The summed E-state index contributed by atoms with van der Waals surface area (Å²) in [5.41, 5.74) is 0. The number of halogens is 2. The van der Waals surface area contributed by atoms with Crippen LogP contribution in [0.5, 0.6) is 11.6 Å². The summed E-state index contributed by atoms with van der Waals surface area (Å²) < 4.78 is 7.67. The average molecular weight is 417 g/mol. The van der Waals surface area contributed by atoms with Crippen LogP contribution in [0.15, 0.2) is 34.9 Å². The van der Waals surface area contributed by atoms with Gasteiger partial charge in [-0.1, -0.05) is 12.1 Å². The monoisotopic (exact) mass is 416 g/mol. The van der Waals surface area contributed by atoms with Crippen LogP contribution in [0.2, 0.25) is 0 Å². The molecule has 3 rings (SSSR count). The first-order valence-corrected chi connectivity index (χ1v) is 7.56. The lowest BCUT2D eigenvalue weighted by atomic mass is 10.3. The van der Waals surface area contributed by atoms with Crippen LogP contribution in [0.4, 0.5) is 0 Å². The molecule has 92 valence electrons. The quantitative estimate of drug-likeness (QED) is 0.545. The fourth-order valence-electron chi connectivity index (χ4n) is 1.63. The van der Waals surface area contributed by atoms with E-state index in [0.29, 0.717) is 11.8 Å². The van der Waals surface area contributed by atoms with E-state index in [0.717, 1.165) is 19.7 Å². The van der Waals surface area contributed by atoms with Gasteiger partial charge in [0.05, 0.1) is 3.57 Å². The highest BCUT2D eigenvalue weighted by Gasteiger charge is 2.27. The van der Waals surface area contributed by atoms with Crippen LogP contribution in [0.1, 0.15) is 24.6 Å². The molecule has 2 aromatic rings. The van der Waals surface area contributed by atoms with Gasteiger partial charge in [-0.3, -0.25) is 0 Å². The van der Waals surface area contributed by atoms with Gasteiger partial charge in [0.25, 0.3) is 0 Å². The summed E-state index contributed by atoms with van der Waals surface area (Å²) in [4.78, 5) is 8.85. The van der Waals surface area contributed by atoms with Crippen LogP contribution in [-0.4, -0.2) is 9.97 Å². The third-order valence-corrected chi connectivity index (χ3v) is 3.98. The molecule has 1 aliphatic carbocycles. The summed E-state index contributed by atoms with van der Waals surface area (Å²) in [6, 6.07) is 9.69. The van der Waals surface area contributed by atoms with Crippen LogP contribution in [0.25, 0.3) is 0 Å². The summed E-state index contributed by atoms with van der Waals surface area (Å²) in [7, 11) is 0. The molecule has 1 aromatic carbocycles. The smallest absolute Gasteiger partial charge is 0.223 e. The number of benzene rings is 1. The van der Waals surface area contributed by atoms with E-state index in [1.54, 1.807) is 6.07 Å². The van der Waals surface area contributed by atoms with E-state index in [1.807, 2.05) is 24.3 Å². The van der Waals surface area contributed by atoms with Gasteiger partial charge in [-0.2, -0.15) is 4.98 Å². The fourth-order valence-corrected chi connectivity index (χ4v) is 2.51. The number of hydrogen-bond acceptors (Lipinski definition) is 3. The maximum absolute atomic E-state index is 5.82. The van der Waals surface area contributed by atoms with Gasteiger partial charge in [0.2, 0.25) is 5.88 Å². The summed E-state index contributed by atoms with van der Waals surface area (Å²) in [6.07, 6.45) is 2.36. The molecule has 1 heterocycles. The first-order valence-electron chi connectivity index (χ1n) is 5.69. The maximum atomic E-state index is 5.82. The molecule has 0 unspecified atom stereocenters. The van der Waals surface area contributed by atoms with Crippen molar-refractivity contribution in [2.45, 2.75) is 18.8 Å². The van der Waals surface area contributed by atoms with E-state index in [9.17, 15) is 0 Å². The largest absolute Gasteiger partial charge is 0.438 e. The molecule has 0 saturated heterocycles. The lowest BCUT2D eigenvalue weighted by Gasteiger charge is -2.08. The van der Waals surface area contributed by atoms with Crippen LogP contribution in [0.3, 0.4) is 0 Å². The Morgan fingerprint density at radius 1 is 1.22 bits per heavy atom. The third kappa shape index (κ3) is 2.83. The summed E-state index contributed by atoms with van der Waals surface area (Å²) >= 11 is 5.66. The Labute approximate surface area is 127 Å². The molecule has 0 atom stereocenters. The molecule has 0 radical (unpaired) electrons. The molecule has 1 aromatic heterocycles. The van der Waals surface area contributed by atoms with Gasteiger partial charge in [-0.25, -0.2) is 4.98 Å². The van der Waals surface area contributed by atoms with Crippen molar-refractivity contribution in [2.24, 2.45) is 0 Å². The molecular weight excluding hydrogens is 407 g/mol. The fraction of sp³-hybridized carbons (Fsp3) is 0.231. The second-order valence-corrected chi connectivity index (χ2v) is 6.17. The standard InChI is InChI=1S/C13H10BrIN2O/c14-11-7-12(17-13(16-11)8-5-6-8)18-10-4-2-1-3-9(10)15/h1-4,7-8H,5-6H2. The first-order chi connectivity index (χ1) is 8.72. The van der Waals surface area contributed by atoms with Crippen molar-refractivity contribution in [2.75, 3.05) is 0 Å². The molecular formula is C13H10BrIN2O. The Hall–Kier alpha value is -0.690. The number of ether oxygens (including phenoxy) is 1. The minimum absolute atomic E-state index is 0.514. The van der Waals surface area contributed by atoms with Gasteiger partial charge in [0, 0.05) is 12.0 Å². The highest BCUT2D eigenvalue weighted by molar-refractivity contribution is 14.1. The van der Waals surface area contributed by atoms with Gasteiger partial charge < -0.3 is 4.74 Å². The van der Waals surface area contributed by atoms with E-state index >= 15 is 0 Å². The molecule has 1 saturated carbocycles. The molecule has 18 heavy (non-hydrogen) atoms.